The summed E-state index contributed by atoms with van der Waals surface area (Å²) in [6, 6.07) is 26.9. The highest BCUT2D eigenvalue weighted by molar-refractivity contribution is 5.86. The first-order chi connectivity index (χ1) is 18.0. The number of carboxylic acids is 1. The number of fused-ring (bicyclic) bond motifs is 2. The van der Waals surface area contributed by atoms with Gasteiger partial charge in [0.05, 0.1) is 6.54 Å². The fourth-order valence-corrected chi connectivity index (χ4v) is 5.10. The molecule has 0 aromatic heterocycles. The van der Waals surface area contributed by atoms with Crippen LogP contribution in [0.4, 0.5) is 15.8 Å². The van der Waals surface area contributed by atoms with Gasteiger partial charge in [-0.3, -0.25) is 0 Å². The summed E-state index contributed by atoms with van der Waals surface area (Å²) in [6.45, 7) is 2.38. The summed E-state index contributed by atoms with van der Waals surface area (Å²) in [5.41, 5.74) is 2.58. The smallest absolute Gasteiger partial charge is 0.341 e. The first kappa shape index (κ1) is 27.3. The summed E-state index contributed by atoms with van der Waals surface area (Å²) in [5.74, 6) is 0.0168. The van der Waals surface area contributed by atoms with E-state index in [1.807, 2.05) is 17.0 Å². The Labute approximate surface area is 228 Å². The van der Waals surface area contributed by atoms with Crippen molar-refractivity contribution in [1.82, 2.24) is 0 Å². The van der Waals surface area contributed by atoms with Crippen molar-refractivity contribution in [2.24, 2.45) is 0 Å². The van der Waals surface area contributed by atoms with E-state index in [1.54, 1.807) is 24.3 Å². The molecular weight excluding hydrogens is 505 g/mol. The lowest BCUT2D eigenvalue weighted by molar-refractivity contribution is -0.139. The van der Waals surface area contributed by atoms with Crippen molar-refractivity contribution in [2.75, 3.05) is 18.1 Å². The van der Waals surface area contributed by atoms with E-state index in [0.717, 1.165) is 24.9 Å². The molecule has 0 spiro atoms. The number of hydrogen-bond donors (Lipinski definition) is 1. The van der Waals surface area contributed by atoms with E-state index in [-0.39, 0.29) is 24.3 Å². The first-order valence-electron chi connectivity index (χ1n) is 12.6. The van der Waals surface area contributed by atoms with Gasteiger partial charge in [0.2, 0.25) is 0 Å². The van der Waals surface area contributed by atoms with Gasteiger partial charge in [-0.2, -0.15) is 0 Å². The Balaban J connectivity index is 0.00000336. The minimum absolute atomic E-state index is 0. The largest absolute Gasteiger partial charge is 0.486 e. The SMILES string of the molecule is C[C@@H](CCCC1CN(c2ccc(OCC(=O)O)cc2)c2c(F)cccc2O1)c1cccc2ccccc12.Cl. The number of ether oxygens (including phenoxy) is 2. The van der Waals surface area contributed by atoms with E-state index in [1.165, 1.54) is 22.4 Å². The van der Waals surface area contributed by atoms with Gasteiger partial charge < -0.3 is 19.5 Å². The number of anilines is 2. The standard InChI is InChI=1S/C31H30FNO4.ClH/c1-21(26-12-5-9-22-8-2-3-11-27(22)26)7-4-10-25-19-33(31-28(32)13-6-14-29(31)37-25)23-15-17-24(18-16-23)36-20-30(34)35;/h2-3,5-6,8-9,11-18,21,25H,4,7,10,19-20H2,1H3,(H,34,35);1H/t21-,25?;/m0./s1. The van der Waals surface area contributed by atoms with Crippen LogP contribution in [0.15, 0.2) is 84.9 Å². The zero-order valence-corrected chi connectivity index (χ0v) is 22.0. The summed E-state index contributed by atoms with van der Waals surface area (Å²) in [7, 11) is 0. The first-order valence-corrected chi connectivity index (χ1v) is 12.6. The third-order valence-electron chi connectivity index (χ3n) is 6.93. The number of nitrogens with zero attached hydrogens (tertiary/aromatic N) is 1. The average Bonchev–Trinajstić information content (AvgIpc) is 2.91. The molecular formula is C31H31ClFNO4. The van der Waals surface area contributed by atoms with Crippen LogP contribution in [0, 0.1) is 5.82 Å². The Morgan fingerprint density at radius 1 is 1.05 bits per heavy atom. The lowest BCUT2D eigenvalue weighted by Gasteiger charge is -2.36. The topological polar surface area (TPSA) is 59.0 Å². The van der Waals surface area contributed by atoms with Crippen LogP contribution in [-0.2, 0) is 4.79 Å². The number of aliphatic carboxylic acids is 1. The van der Waals surface area contributed by atoms with Gasteiger partial charge in [-0.25, -0.2) is 9.18 Å². The molecule has 5 rings (SSSR count). The van der Waals surface area contributed by atoms with Gasteiger partial charge in [0.15, 0.2) is 12.4 Å². The number of benzene rings is 4. The van der Waals surface area contributed by atoms with Crippen LogP contribution in [0.3, 0.4) is 0 Å². The molecule has 198 valence electrons. The molecule has 0 radical (unpaired) electrons. The molecule has 0 saturated heterocycles. The molecule has 0 amide bonds. The number of para-hydroxylation sites is 1. The third-order valence-corrected chi connectivity index (χ3v) is 6.93. The number of hydrogen-bond acceptors (Lipinski definition) is 4. The Hall–Kier alpha value is -3.77. The molecule has 1 unspecified atom stereocenters. The van der Waals surface area contributed by atoms with Gasteiger partial charge >= 0.3 is 5.97 Å². The lowest BCUT2D eigenvalue weighted by atomic mass is 9.90. The number of rotatable bonds is 9. The van der Waals surface area contributed by atoms with Crippen LogP contribution in [0.1, 0.15) is 37.7 Å². The van der Waals surface area contributed by atoms with E-state index in [2.05, 4.69) is 49.4 Å². The molecule has 1 heterocycles. The molecule has 5 nitrogen and oxygen atoms in total. The Morgan fingerprint density at radius 2 is 1.79 bits per heavy atom. The number of carboxylic acid groups (broad SMARTS) is 1. The highest BCUT2D eigenvalue weighted by Crippen LogP contribution is 2.41. The van der Waals surface area contributed by atoms with Crippen LogP contribution in [-0.4, -0.2) is 30.3 Å². The molecule has 0 fully saturated rings. The second kappa shape index (κ2) is 12.2. The molecule has 1 aliphatic rings. The quantitative estimate of drug-likeness (QED) is 0.237. The van der Waals surface area contributed by atoms with Crippen molar-refractivity contribution < 1.29 is 23.8 Å². The van der Waals surface area contributed by atoms with Gasteiger partial charge in [-0.15, -0.1) is 12.4 Å². The molecule has 38 heavy (non-hydrogen) atoms. The molecule has 2 atom stereocenters. The van der Waals surface area contributed by atoms with Crippen molar-refractivity contribution in [1.29, 1.82) is 0 Å². The van der Waals surface area contributed by atoms with Gasteiger partial charge in [0.25, 0.3) is 0 Å². The van der Waals surface area contributed by atoms with Gasteiger partial charge in [-0.05, 0) is 77.9 Å². The summed E-state index contributed by atoms with van der Waals surface area (Å²) >= 11 is 0. The van der Waals surface area contributed by atoms with Gasteiger partial charge in [-0.1, -0.05) is 55.5 Å². The van der Waals surface area contributed by atoms with E-state index in [4.69, 9.17) is 14.6 Å². The van der Waals surface area contributed by atoms with Crippen LogP contribution >= 0.6 is 12.4 Å². The second-order valence-corrected chi connectivity index (χ2v) is 9.51. The zero-order valence-electron chi connectivity index (χ0n) is 21.2. The van der Waals surface area contributed by atoms with Crippen molar-refractivity contribution in [2.45, 2.75) is 38.2 Å². The van der Waals surface area contributed by atoms with Crippen molar-refractivity contribution in [3.8, 4) is 11.5 Å². The third kappa shape index (κ3) is 6.03. The van der Waals surface area contributed by atoms with E-state index >= 15 is 0 Å². The predicted molar refractivity (Wildman–Crippen MR) is 151 cm³/mol. The molecule has 4 aromatic rings. The zero-order chi connectivity index (χ0) is 25.8. The predicted octanol–water partition coefficient (Wildman–Crippen LogP) is 7.74. The minimum atomic E-state index is -1.04. The molecule has 1 aliphatic heterocycles. The Kier molecular flexibility index (Phi) is 8.74. The fourth-order valence-electron chi connectivity index (χ4n) is 5.10. The second-order valence-electron chi connectivity index (χ2n) is 9.51. The molecule has 0 saturated carbocycles. The molecule has 7 heteroatoms. The van der Waals surface area contributed by atoms with Crippen LogP contribution in [0.5, 0.6) is 11.5 Å². The van der Waals surface area contributed by atoms with E-state index in [9.17, 15) is 9.18 Å². The highest BCUT2D eigenvalue weighted by Gasteiger charge is 2.29. The van der Waals surface area contributed by atoms with Crippen LogP contribution < -0.4 is 14.4 Å². The Morgan fingerprint density at radius 3 is 2.58 bits per heavy atom. The lowest BCUT2D eigenvalue weighted by Crippen LogP contribution is -2.37. The maximum Gasteiger partial charge on any atom is 0.341 e. The highest BCUT2D eigenvalue weighted by atomic mass is 35.5. The molecule has 0 bridgehead atoms. The fraction of sp³-hybridized carbons (Fsp3) is 0.258. The summed E-state index contributed by atoms with van der Waals surface area (Å²) in [5, 5.41) is 11.4. The van der Waals surface area contributed by atoms with Gasteiger partial charge in [0.1, 0.15) is 23.3 Å². The van der Waals surface area contributed by atoms with Crippen molar-refractivity contribution in [3.05, 3.63) is 96.3 Å². The van der Waals surface area contributed by atoms with Crippen LogP contribution in [0.2, 0.25) is 0 Å². The van der Waals surface area contributed by atoms with Crippen molar-refractivity contribution >= 4 is 40.5 Å². The average molecular weight is 536 g/mol. The van der Waals surface area contributed by atoms with Gasteiger partial charge in [0, 0.05) is 5.69 Å². The monoisotopic (exact) mass is 535 g/mol. The summed E-state index contributed by atoms with van der Waals surface area (Å²) in [6.07, 6.45) is 2.77. The Bertz CT molecular complexity index is 1390. The molecule has 1 N–H and O–H groups in total. The maximum atomic E-state index is 14.9. The molecule has 4 aromatic carbocycles. The normalized spacial score (nSPS) is 15.2. The van der Waals surface area contributed by atoms with Crippen molar-refractivity contribution in [3.63, 3.8) is 0 Å². The van der Waals surface area contributed by atoms with Crippen LogP contribution in [0.25, 0.3) is 10.8 Å². The van der Waals surface area contributed by atoms with E-state index < -0.39 is 12.6 Å². The summed E-state index contributed by atoms with van der Waals surface area (Å²) in [4.78, 5) is 12.7. The molecule has 0 aliphatic carbocycles. The number of halogens is 2. The van der Waals surface area contributed by atoms with E-state index in [0.29, 0.717) is 29.6 Å². The minimum Gasteiger partial charge on any atom is -0.486 e. The number of carbonyl (C=O) groups is 1. The summed E-state index contributed by atoms with van der Waals surface area (Å²) < 4.78 is 26.4. The maximum absolute atomic E-state index is 14.9.